The first-order chi connectivity index (χ1) is 37.6. The van der Waals surface area contributed by atoms with Gasteiger partial charge in [-0.15, -0.1) is 10.2 Å². The Hall–Kier alpha value is -6.73. The summed E-state index contributed by atoms with van der Waals surface area (Å²) in [6, 6.07) is 6.24. The second kappa shape index (κ2) is 23.8. The normalized spacial score (nSPS) is 19.5. The minimum Gasteiger partial charge on any atom is -0.465 e. The highest BCUT2D eigenvalue weighted by atomic mass is 32.1. The third-order valence-corrected chi connectivity index (χ3v) is 16.3. The zero-order valence-electron chi connectivity index (χ0n) is 44.1. The van der Waals surface area contributed by atoms with Crippen molar-refractivity contribution in [3.8, 4) is 22.4 Å². The zero-order chi connectivity index (χ0) is 58.1. The minimum absolute atomic E-state index is 0.0317. The van der Waals surface area contributed by atoms with E-state index in [1.165, 1.54) is 17.4 Å². The highest BCUT2D eigenvalue weighted by Crippen LogP contribution is 2.44. The Balaban J connectivity index is 1.07. The molecule has 4 aromatic rings. The van der Waals surface area contributed by atoms with Crippen molar-refractivity contribution < 1.29 is 74.0 Å². The number of rotatable bonds is 19. The number of halogens is 8. The summed E-state index contributed by atoms with van der Waals surface area (Å²) < 4.78 is 129. The number of ether oxygens (including phenoxy) is 2. The van der Waals surface area contributed by atoms with Gasteiger partial charge in [0.2, 0.25) is 5.91 Å². The number of fused-ring (bicyclic) bond motifs is 2. The molecule has 2 aromatic heterocycles. The molecule has 0 spiro atoms. The quantitative estimate of drug-likeness (QED) is 0.0328. The monoisotopic (exact) mass is 1150 g/mol. The smallest absolute Gasteiger partial charge is 0.407 e. The number of hydrazine groups is 1. The molecule has 8 rings (SSSR count). The van der Waals surface area contributed by atoms with Gasteiger partial charge in [-0.1, -0.05) is 35.3 Å². The lowest BCUT2D eigenvalue weighted by Crippen LogP contribution is -2.63. The number of aromatic nitrogens is 3. The Morgan fingerprint density at radius 3 is 1.93 bits per heavy atom. The van der Waals surface area contributed by atoms with Crippen molar-refractivity contribution in [1.29, 1.82) is 0 Å². The van der Waals surface area contributed by atoms with Crippen LogP contribution in [0.4, 0.5) is 50.5 Å². The molecule has 6 N–H and O–H groups in total. The van der Waals surface area contributed by atoms with Crippen molar-refractivity contribution in [2.24, 2.45) is 10.8 Å². The number of carbonyl (C=O) groups excluding carboxylic acids is 3. The summed E-state index contributed by atoms with van der Waals surface area (Å²) in [6.07, 6.45) is -10.8. The van der Waals surface area contributed by atoms with Crippen LogP contribution in [0, 0.1) is 34.3 Å². The number of nitrogens with zero attached hydrogens (tertiary/aromatic N) is 6. The maximum atomic E-state index is 16.1. The molecular formula is C53H60F8N10O8S. The van der Waals surface area contributed by atoms with Gasteiger partial charge in [-0.3, -0.25) is 19.9 Å². The molecule has 3 saturated heterocycles. The van der Waals surface area contributed by atoms with Crippen molar-refractivity contribution in [3.63, 3.8) is 0 Å². The van der Waals surface area contributed by atoms with E-state index in [0.29, 0.717) is 72.5 Å². The van der Waals surface area contributed by atoms with Gasteiger partial charge < -0.3 is 40.5 Å². The van der Waals surface area contributed by atoms with Crippen molar-refractivity contribution in [1.82, 2.24) is 46.5 Å². The Morgan fingerprint density at radius 1 is 0.812 bits per heavy atom. The number of carboxylic acid groups (broad SMARTS) is 1. The lowest BCUT2D eigenvalue weighted by molar-refractivity contribution is -0.221. The summed E-state index contributed by atoms with van der Waals surface area (Å²) in [5, 5.41) is 36.8. The van der Waals surface area contributed by atoms with E-state index in [2.05, 4.69) is 46.9 Å². The Morgan fingerprint density at radius 2 is 1.40 bits per heavy atom. The largest absolute Gasteiger partial charge is 0.465 e. The molecule has 2 aromatic carbocycles. The number of amides is 4. The first-order valence-corrected chi connectivity index (χ1v) is 26.4. The van der Waals surface area contributed by atoms with Crippen LogP contribution in [0.2, 0.25) is 0 Å². The summed E-state index contributed by atoms with van der Waals surface area (Å²) in [5.41, 5.74) is -3.57. The van der Waals surface area contributed by atoms with Crippen LogP contribution in [-0.2, 0) is 32.0 Å². The second-order valence-corrected chi connectivity index (χ2v) is 22.6. The molecule has 6 atom stereocenters. The van der Waals surface area contributed by atoms with Crippen LogP contribution < -0.4 is 26.3 Å². The van der Waals surface area contributed by atoms with Crippen LogP contribution in [0.3, 0.4) is 0 Å². The molecule has 4 fully saturated rings. The van der Waals surface area contributed by atoms with Gasteiger partial charge in [0.1, 0.15) is 39.6 Å². The van der Waals surface area contributed by atoms with Gasteiger partial charge in [0, 0.05) is 72.6 Å². The number of alkyl halides is 6. The van der Waals surface area contributed by atoms with E-state index >= 15 is 8.78 Å². The Bertz CT molecular complexity index is 2930. The first-order valence-electron chi connectivity index (χ1n) is 25.6. The predicted octanol–water partition coefficient (Wildman–Crippen LogP) is 6.67. The SMILES string of the molecule is COC(=O)N[C@H](C(=O)N[C@@H](Cc1ccc(C#Cc2ccc(N3CC4CCC(C3)N4C3COC3)nc2)cc1)[C@@H](O)CN(Cc1c(F)cc(-c2nnc(C3CC3)s2)cc1F)NC(=O)[C@@H](NC(=O)O)C(C)(C)C(F)(F)F)C(C)(C)C(F)(F)F. The summed E-state index contributed by atoms with van der Waals surface area (Å²) in [6.45, 7) is 3.36. The molecule has 1 aliphatic carbocycles. The Labute approximate surface area is 458 Å². The van der Waals surface area contributed by atoms with Gasteiger partial charge >= 0.3 is 24.5 Å². The highest BCUT2D eigenvalue weighted by molar-refractivity contribution is 7.14. The topological polar surface area (TPSA) is 224 Å². The average Bonchev–Trinajstić information content (AvgIpc) is 4.09. The predicted molar refractivity (Wildman–Crippen MR) is 274 cm³/mol. The number of aliphatic hydroxyl groups excluding tert-OH is 1. The lowest BCUT2D eigenvalue weighted by atomic mass is 9.82. The number of anilines is 1. The number of nitrogens with one attached hydrogen (secondary N) is 4. The van der Waals surface area contributed by atoms with Crippen LogP contribution in [0.5, 0.6) is 0 Å². The molecule has 0 radical (unpaired) electrons. The lowest BCUT2D eigenvalue weighted by Gasteiger charge is -2.47. The fourth-order valence-corrected chi connectivity index (χ4v) is 10.8. The van der Waals surface area contributed by atoms with Crippen LogP contribution in [0.1, 0.15) is 86.6 Å². The van der Waals surface area contributed by atoms with Crippen molar-refractivity contribution >= 4 is 41.2 Å². The number of carbonyl (C=O) groups is 4. The standard InChI is InChI=1S/C53H60F8N10O8S/c1-50(2,52(56,57)58)42(65-49(77)78-5)44(73)63-39(18-29-9-6-28(7-10-29)8-11-30-12-17-41(62-21-30)69-22-33-15-16-34(23-69)71(33)35-26-79-27-35)40(72)25-70(68-45(74)43(64-48(75)76)51(3,4)53(59,60)61)24-36-37(54)19-32(20-38(36)55)47-67-66-46(80-47)31-13-14-31/h6-7,9-10,12,17,19-21,31,33-35,39-40,42-43,64,72H,13-16,18,22-27H2,1-5H3,(H,63,73)(H,65,77)(H,68,74)(H,75,76)/t33?,34?,39-,40-,42+,43+/m0/s1. The molecule has 4 amide bonds. The summed E-state index contributed by atoms with van der Waals surface area (Å²) in [7, 11) is 0.840. The van der Waals surface area contributed by atoms with Crippen molar-refractivity contribution in [3.05, 3.63) is 93.6 Å². The summed E-state index contributed by atoms with van der Waals surface area (Å²) in [5.74, 6) is 1.35. The molecule has 27 heteroatoms. The van der Waals surface area contributed by atoms with Crippen molar-refractivity contribution in [2.45, 2.75) is 127 Å². The second-order valence-electron chi connectivity index (χ2n) is 21.6. The van der Waals surface area contributed by atoms with Crippen LogP contribution >= 0.6 is 11.3 Å². The van der Waals surface area contributed by atoms with Gasteiger partial charge in [-0.25, -0.2) is 28.4 Å². The Kier molecular flexibility index (Phi) is 17.6. The number of methoxy groups -OCH3 is 1. The van der Waals surface area contributed by atoms with E-state index in [0.717, 1.165) is 88.4 Å². The molecule has 18 nitrogen and oxygen atoms in total. The van der Waals surface area contributed by atoms with Crippen LogP contribution in [-0.4, -0.2) is 154 Å². The van der Waals surface area contributed by atoms with Gasteiger partial charge in [-0.05, 0) is 102 Å². The molecule has 80 heavy (non-hydrogen) atoms. The summed E-state index contributed by atoms with van der Waals surface area (Å²) in [4.78, 5) is 61.8. The number of piperazine rings is 1. The molecule has 2 bridgehead atoms. The van der Waals surface area contributed by atoms with Gasteiger partial charge in [0.05, 0.1) is 49.3 Å². The van der Waals surface area contributed by atoms with Crippen LogP contribution in [0.25, 0.3) is 10.6 Å². The maximum absolute atomic E-state index is 16.1. The van der Waals surface area contributed by atoms with E-state index < -0.39 is 108 Å². The number of hydrogen-bond acceptors (Lipinski definition) is 14. The molecule has 2 unspecified atom stereocenters. The average molecular weight is 1150 g/mol. The molecule has 3 aliphatic heterocycles. The highest BCUT2D eigenvalue weighted by Gasteiger charge is 2.57. The summed E-state index contributed by atoms with van der Waals surface area (Å²) >= 11 is 1.11. The van der Waals surface area contributed by atoms with Gasteiger partial charge in [0.15, 0.2) is 0 Å². The first kappa shape index (κ1) is 59.4. The molecular weight excluding hydrogens is 1090 g/mol. The van der Waals surface area contributed by atoms with Crippen molar-refractivity contribution in [2.75, 3.05) is 44.9 Å². The molecule has 1 saturated carbocycles. The number of pyridine rings is 1. The number of alkyl carbamates (subject to hydrolysis) is 1. The van der Waals surface area contributed by atoms with Gasteiger partial charge in [0.25, 0.3) is 5.91 Å². The third-order valence-electron chi connectivity index (χ3n) is 15.1. The molecule has 432 valence electrons. The van der Waals surface area contributed by atoms with Gasteiger partial charge in [-0.2, -0.15) is 26.3 Å². The molecule has 5 heterocycles. The number of hydrogen-bond donors (Lipinski definition) is 6. The van der Waals surface area contributed by atoms with Crippen LogP contribution in [0.15, 0.2) is 54.7 Å². The number of aliphatic hydroxyl groups is 1. The molecule has 4 aliphatic rings. The fraction of sp³-hybridized carbons (Fsp3) is 0.528. The minimum atomic E-state index is -5.24. The fourth-order valence-electron chi connectivity index (χ4n) is 9.85. The van der Waals surface area contributed by atoms with E-state index in [1.807, 2.05) is 22.9 Å². The van der Waals surface area contributed by atoms with E-state index in [9.17, 15) is 55.7 Å². The van der Waals surface area contributed by atoms with E-state index in [-0.39, 0.29) is 16.5 Å². The number of benzene rings is 2. The van der Waals surface area contributed by atoms with E-state index in [4.69, 9.17) is 4.74 Å². The zero-order valence-corrected chi connectivity index (χ0v) is 44.9. The third kappa shape index (κ3) is 13.5. The van der Waals surface area contributed by atoms with E-state index in [1.54, 1.807) is 18.3 Å². The maximum Gasteiger partial charge on any atom is 0.407 e.